The summed E-state index contributed by atoms with van der Waals surface area (Å²) in [6.45, 7) is 6.35. The first-order valence-electron chi connectivity index (χ1n) is 28.7. The molecule has 0 aliphatic carbocycles. The van der Waals surface area contributed by atoms with Gasteiger partial charge in [0.15, 0.2) is 0 Å². The first-order chi connectivity index (χ1) is 33.0. The van der Waals surface area contributed by atoms with Crippen LogP contribution >= 0.6 is 0 Å². The molecule has 0 aliphatic heterocycles. The van der Waals surface area contributed by atoms with E-state index in [1.165, 1.54) is 116 Å². The van der Waals surface area contributed by atoms with Crippen LogP contribution in [0.2, 0.25) is 0 Å². The number of hydrogen-bond donors (Lipinski definition) is 3. The van der Waals surface area contributed by atoms with Gasteiger partial charge in [-0.2, -0.15) is 0 Å². The third-order valence-electron chi connectivity index (χ3n) is 12.8. The molecule has 0 fully saturated rings. The van der Waals surface area contributed by atoms with Crippen LogP contribution in [0, 0.1) is 0 Å². The monoisotopic (exact) mass is 936 g/mol. The summed E-state index contributed by atoms with van der Waals surface area (Å²) in [5.41, 5.74) is 0. The number of aliphatic hydroxyl groups is 2. The van der Waals surface area contributed by atoms with E-state index >= 15 is 0 Å². The molecule has 0 rings (SSSR count). The SMILES string of the molecule is CC/C=C/C/C=C/C/C=C/CCCCCCC(CC(=O)NC(CO)C(O)CCCCCCCCCCCCCCCCCCC)OC(=O)CCCCCC/C=C\C/C=C\C/C=C\CCCCC. The van der Waals surface area contributed by atoms with Gasteiger partial charge in [-0.25, -0.2) is 0 Å². The number of hydrogen-bond acceptors (Lipinski definition) is 5. The molecule has 6 nitrogen and oxygen atoms in total. The van der Waals surface area contributed by atoms with Gasteiger partial charge in [0.05, 0.1) is 25.2 Å². The highest BCUT2D eigenvalue weighted by Gasteiger charge is 2.24. The third kappa shape index (κ3) is 49.5. The van der Waals surface area contributed by atoms with Gasteiger partial charge < -0.3 is 20.3 Å². The summed E-state index contributed by atoms with van der Waals surface area (Å²) in [6, 6.07) is -0.718. The standard InChI is InChI=1S/C61H109NO5/c1-4-7-10-13-16-19-22-25-28-30-32-35-38-41-44-47-50-53-59(64)58(56-63)62-60(65)55-57(52-49-46-43-40-37-34-27-24-21-18-15-12-9-6-3)67-61(66)54-51-48-45-42-39-36-33-31-29-26-23-20-17-14-11-8-5-2/h9,12,17-18,20-21,26-27,29,33-34,36,57-59,63-64H,4-8,10-11,13-16,19,22-25,28,30-32,35,37-56H2,1-3H3,(H,62,65)/b12-9+,20-17-,21-18+,29-26-,34-27+,36-33-. The van der Waals surface area contributed by atoms with Crippen molar-refractivity contribution in [2.75, 3.05) is 6.61 Å². The van der Waals surface area contributed by atoms with Crippen LogP contribution in [0.4, 0.5) is 0 Å². The van der Waals surface area contributed by atoms with Crippen molar-refractivity contribution >= 4 is 11.9 Å². The lowest BCUT2D eigenvalue weighted by atomic mass is 10.0. The topological polar surface area (TPSA) is 95.9 Å². The Balaban J connectivity index is 4.59. The lowest BCUT2D eigenvalue weighted by Crippen LogP contribution is -2.46. The van der Waals surface area contributed by atoms with Crippen molar-refractivity contribution in [3.63, 3.8) is 0 Å². The van der Waals surface area contributed by atoms with E-state index in [1.54, 1.807) is 0 Å². The van der Waals surface area contributed by atoms with Gasteiger partial charge in [0.2, 0.25) is 5.91 Å². The molecular formula is C61H109NO5. The number of aliphatic hydroxyl groups excluding tert-OH is 2. The summed E-state index contributed by atoms with van der Waals surface area (Å²) in [5, 5.41) is 23.9. The maximum Gasteiger partial charge on any atom is 0.306 e. The number of carbonyl (C=O) groups is 2. The molecule has 0 radical (unpaired) electrons. The van der Waals surface area contributed by atoms with Crippen molar-refractivity contribution in [1.82, 2.24) is 5.32 Å². The number of esters is 1. The van der Waals surface area contributed by atoms with Gasteiger partial charge in [-0.05, 0) is 96.3 Å². The van der Waals surface area contributed by atoms with Crippen molar-refractivity contribution in [2.24, 2.45) is 0 Å². The van der Waals surface area contributed by atoms with Crippen LogP contribution in [0.15, 0.2) is 72.9 Å². The number of rotatable bonds is 51. The molecule has 0 aromatic carbocycles. The quantitative estimate of drug-likeness (QED) is 0.0321. The summed E-state index contributed by atoms with van der Waals surface area (Å²) in [6.07, 6.45) is 69.6. The Hall–Kier alpha value is -2.70. The highest BCUT2D eigenvalue weighted by Crippen LogP contribution is 2.18. The van der Waals surface area contributed by atoms with Gasteiger partial charge in [-0.1, -0.05) is 241 Å². The minimum atomic E-state index is -0.802. The Kier molecular flexibility index (Phi) is 52.1. The van der Waals surface area contributed by atoms with Crippen molar-refractivity contribution in [3.8, 4) is 0 Å². The molecule has 6 heteroatoms. The van der Waals surface area contributed by atoms with Crippen LogP contribution in [0.5, 0.6) is 0 Å². The van der Waals surface area contributed by atoms with Gasteiger partial charge >= 0.3 is 5.97 Å². The van der Waals surface area contributed by atoms with Gasteiger partial charge in [-0.15, -0.1) is 0 Å². The molecule has 3 atom stereocenters. The third-order valence-corrected chi connectivity index (χ3v) is 12.8. The summed E-state index contributed by atoms with van der Waals surface area (Å²) >= 11 is 0. The summed E-state index contributed by atoms with van der Waals surface area (Å²) in [4.78, 5) is 26.3. The second-order valence-corrected chi connectivity index (χ2v) is 19.3. The zero-order valence-electron chi connectivity index (χ0n) is 44.3. The number of unbranched alkanes of at least 4 members (excludes halogenated alkanes) is 27. The molecule has 388 valence electrons. The van der Waals surface area contributed by atoms with Crippen LogP contribution in [0.25, 0.3) is 0 Å². The fraction of sp³-hybridized carbons (Fsp3) is 0.770. The molecule has 0 spiro atoms. The maximum absolute atomic E-state index is 13.3. The molecule has 0 aliphatic rings. The van der Waals surface area contributed by atoms with Crippen molar-refractivity contribution in [2.45, 2.75) is 296 Å². The second kappa shape index (κ2) is 54.2. The van der Waals surface area contributed by atoms with Gasteiger partial charge in [0, 0.05) is 6.42 Å². The van der Waals surface area contributed by atoms with Gasteiger partial charge in [0.25, 0.3) is 0 Å². The Morgan fingerprint density at radius 3 is 1.25 bits per heavy atom. The lowest BCUT2D eigenvalue weighted by Gasteiger charge is -2.24. The average molecular weight is 937 g/mol. The van der Waals surface area contributed by atoms with Crippen LogP contribution in [-0.2, 0) is 14.3 Å². The molecule has 0 heterocycles. The van der Waals surface area contributed by atoms with Crippen molar-refractivity contribution in [3.05, 3.63) is 72.9 Å². The van der Waals surface area contributed by atoms with Crippen molar-refractivity contribution in [1.29, 1.82) is 0 Å². The number of amides is 1. The fourth-order valence-electron chi connectivity index (χ4n) is 8.45. The molecule has 67 heavy (non-hydrogen) atoms. The largest absolute Gasteiger partial charge is 0.462 e. The predicted octanol–water partition coefficient (Wildman–Crippen LogP) is 17.7. The normalized spacial score (nSPS) is 13.7. The first-order valence-corrected chi connectivity index (χ1v) is 28.7. The molecule has 3 unspecified atom stereocenters. The smallest absolute Gasteiger partial charge is 0.306 e. The van der Waals surface area contributed by atoms with E-state index in [2.05, 4.69) is 99.0 Å². The molecule has 3 N–H and O–H groups in total. The Labute approximate surface area is 415 Å². The molecule has 0 aromatic rings. The van der Waals surface area contributed by atoms with E-state index in [0.717, 1.165) is 116 Å². The van der Waals surface area contributed by atoms with E-state index in [1.807, 2.05) is 0 Å². The minimum Gasteiger partial charge on any atom is -0.462 e. The van der Waals surface area contributed by atoms with E-state index in [0.29, 0.717) is 19.3 Å². The fourth-order valence-corrected chi connectivity index (χ4v) is 8.45. The van der Waals surface area contributed by atoms with Gasteiger partial charge in [-0.3, -0.25) is 9.59 Å². The highest BCUT2D eigenvalue weighted by molar-refractivity contribution is 5.77. The zero-order valence-corrected chi connectivity index (χ0v) is 44.3. The number of ether oxygens (including phenoxy) is 1. The van der Waals surface area contributed by atoms with Crippen molar-refractivity contribution < 1.29 is 24.5 Å². The molecule has 0 saturated carbocycles. The van der Waals surface area contributed by atoms with E-state index < -0.39 is 18.2 Å². The predicted molar refractivity (Wildman–Crippen MR) is 291 cm³/mol. The maximum atomic E-state index is 13.3. The van der Waals surface area contributed by atoms with E-state index in [9.17, 15) is 19.8 Å². The van der Waals surface area contributed by atoms with Crippen LogP contribution in [0.3, 0.4) is 0 Å². The number of allylic oxidation sites excluding steroid dienone is 12. The Morgan fingerprint density at radius 1 is 0.448 bits per heavy atom. The summed E-state index contributed by atoms with van der Waals surface area (Å²) in [7, 11) is 0. The Bertz CT molecular complexity index is 1230. The molecule has 0 bridgehead atoms. The van der Waals surface area contributed by atoms with Crippen LogP contribution in [0.1, 0.15) is 278 Å². The lowest BCUT2D eigenvalue weighted by molar-refractivity contribution is -0.151. The molecule has 1 amide bonds. The number of carbonyl (C=O) groups excluding carboxylic acids is 2. The molecular weight excluding hydrogens is 827 g/mol. The Morgan fingerprint density at radius 2 is 0.806 bits per heavy atom. The van der Waals surface area contributed by atoms with E-state index in [4.69, 9.17) is 4.74 Å². The summed E-state index contributed by atoms with van der Waals surface area (Å²) < 4.78 is 5.94. The second-order valence-electron chi connectivity index (χ2n) is 19.3. The summed E-state index contributed by atoms with van der Waals surface area (Å²) in [5.74, 6) is -0.518. The van der Waals surface area contributed by atoms with Gasteiger partial charge in [0.1, 0.15) is 6.10 Å². The average Bonchev–Trinajstić information content (AvgIpc) is 3.32. The van der Waals surface area contributed by atoms with Crippen LogP contribution < -0.4 is 5.32 Å². The minimum absolute atomic E-state index is 0.0514. The highest BCUT2D eigenvalue weighted by atomic mass is 16.5. The zero-order chi connectivity index (χ0) is 48.8. The van der Waals surface area contributed by atoms with E-state index in [-0.39, 0.29) is 24.9 Å². The molecule has 0 saturated heterocycles. The van der Waals surface area contributed by atoms with Crippen LogP contribution in [-0.4, -0.2) is 46.9 Å². The molecule has 0 aromatic heterocycles. The number of nitrogens with one attached hydrogen (secondary N) is 1. The first kappa shape index (κ1) is 64.3.